The Hall–Kier alpha value is -1.28. The predicted molar refractivity (Wildman–Crippen MR) is 263 cm³/mol. The number of hydrogen-bond donors (Lipinski definition) is 3. The Labute approximate surface area is 378 Å². The number of carbonyl (C=O) groups excluding carboxylic acids is 1. The Morgan fingerprint density at radius 2 is 0.934 bits per heavy atom. The lowest BCUT2D eigenvalue weighted by Crippen LogP contribution is -2.45. The Morgan fingerprint density at radius 1 is 0.557 bits per heavy atom. The van der Waals surface area contributed by atoms with Gasteiger partial charge in [-0.15, -0.1) is 0 Å². The van der Waals surface area contributed by atoms with Gasteiger partial charge >= 0.3 is 7.82 Å². The number of carbonyl (C=O) groups is 1. The van der Waals surface area contributed by atoms with Gasteiger partial charge in [-0.2, -0.15) is 0 Å². The standard InChI is InChI=1S/C52H101N2O6P/c1-6-8-10-12-14-16-18-20-22-23-24-25-26-27-28-29-30-32-33-35-37-39-41-43-45-51(55)50(49-60-61(57,58)59-48-47-54(3,4)5)53-52(56)46-44-42-40-38-36-34-31-21-19-17-15-13-11-9-7-2/h15,17,21,31,43,45,50-51,55H,6-14,16,18-20,22-30,32-42,44,46-49H2,1-5H3,(H-,53,56,57,58)/p+1/b17-15-,31-21-,45-43+. The highest BCUT2D eigenvalue weighted by Gasteiger charge is 2.27. The normalized spacial score (nSPS) is 14.4. The summed E-state index contributed by atoms with van der Waals surface area (Å²) in [4.78, 5) is 23.2. The molecule has 0 aliphatic rings. The van der Waals surface area contributed by atoms with E-state index < -0.39 is 20.0 Å². The lowest BCUT2D eigenvalue weighted by atomic mass is 10.0. The number of aliphatic hydroxyl groups is 1. The van der Waals surface area contributed by atoms with Crippen LogP contribution in [0.4, 0.5) is 0 Å². The van der Waals surface area contributed by atoms with Gasteiger partial charge in [-0.05, 0) is 51.4 Å². The first-order valence-corrected chi connectivity index (χ1v) is 27.4. The molecule has 9 heteroatoms. The van der Waals surface area contributed by atoms with Gasteiger partial charge in [0.15, 0.2) is 0 Å². The topological polar surface area (TPSA) is 105 Å². The highest BCUT2D eigenvalue weighted by Crippen LogP contribution is 2.43. The monoisotopic (exact) mass is 882 g/mol. The van der Waals surface area contributed by atoms with Gasteiger partial charge in [-0.1, -0.05) is 217 Å². The third-order valence-corrected chi connectivity index (χ3v) is 12.6. The van der Waals surface area contributed by atoms with E-state index in [2.05, 4.69) is 43.5 Å². The Bertz CT molecular complexity index is 1090. The molecule has 3 unspecified atom stereocenters. The molecule has 0 aromatic rings. The van der Waals surface area contributed by atoms with Crippen LogP contribution < -0.4 is 5.32 Å². The van der Waals surface area contributed by atoms with Crippen molar-refractivity contribution in [3.05, 3.63) is 36.5 Å². The molecule has 0 aromatic heterocycles. The minimum Gasteiger partial charge on any atom is -0.387 e. The van der Waals surface area contributed by atoms with Crippen LogP contribution in [0.1, 0.15) is 239 Å². The van der Waals surface area contributed by atoms with Crippen molar-refractivity contribution < 1.29 is 32.9 Å². The largest absolute Gasteiger partial charge is 0.472 e. The van der Waals surface area contributed by atoms with Crippen molar-refractivity contribution in [1.82, 2.24) is 5.32 Å². The number of unbranched alkanes of at least 4 members (excludes halogenated alkanes) is 30. The van der Waals surface area contributed by atoms with E-state index in [1.165, 1.54) is 154 Å². The van der Waals surface area contributed by atoms with E-state index in [0.717, 1.165) is 64.2 Å². The van der Waals surface area contributed by atoms with E-state index in [1.807, 2.05) is 27.2 Å². The molecule has 61 heavy (non-hydrogen) atoms. The van der Waals surface area contributed by atoms with E-state index in [9.17, 15) is 19.4 Å². The molecule has 0 fully saturated rings. The fourth-order valence-corrected chi connectivity index (χ4v) is 8.22. The van der Waals surface area contributed by atoms with E-state index in [-0.39, 0.29) is 19.1 Å². The van der Waals surface area contributed by atoms with Crippen LogP contribution in [0.25, 0.3) is 0 Å². The zero-order valence-electron chi connectivity index (χ0n) is 40.9. The molecule has 0 spiro atoms. The van der Waals surface area contributed by atoms with Crippen molar-refractivity contribution >= 4 is 13.7 Å². The second-order valence-corrected chi connectivity index (χ2v) is 20.4. The molecule has 8 nitrogen and oxygen atoms in total. The number of allylic oxidation sites excluding steroid dienone is 5. The number of nitrogens with zero attached hydrogens (tertiary/aromatic N) is 1. The van der Waals surface area contributed by atoms with Crippen molar-refractivity contribution in [2.75, 3.05) is 40.9 Å². The van der Waals surface area contributed by atoms with Gasteiger partial charge in [-0.25, -0.2) is 4.57 Å². The molecule has 0 rings (SSSR count). The number of hydrogen-bond acceptors (Lipinski definition) is 5. The van der Waals surface area contributed by atoms with Gasteiger partial charge in [-0.3, -0.25) is 13.8 Å². The number of amides is 1. The summed E-state index contributed by atoms with van der Waals surface area (Å²) >= 11 is 0. The number of likely N-dealkylation sites (N-methyl/N-ethyl adjacent to an activating group) is 1. The van der Waals surface area contributed by atoms with E-state index >= 15 is 0 Å². The first-order chi connectivity index (χ1) is 29.5. The van der Waals surface area contributed by atoms with Crippen LogP contribution in [0.3, 0.4) is 0 Å². The minimum atomic E-state index is -4.34. The Balaban J connectivity index is 4.27. The van der Waals surface area contributed by atoms with Crippen molar-refractivity contribution in [2.24, 2.45) is 0 Å². The Kier molecular flexibility index (Phi) is 43.0. The SMILES string of the molecule is CCCCC/C=C\C/C=C\CCCCCCCC(=O)NC(COP(=O)(O)OCC[N+](C)(C)C)C(O)/C=C/CCCCCCCCCCCCCCCCCCCCCCCC. The molecule has 3 atom stereocenters. The number of rotatable bonds is 47. The maximum Gasteiger partial charge on any atom is 0.472 e. The molecule has 1 amide bonds. The lowest BCUT2D eigenvalue weighted by Gasteiger charge is -2.25. The summed E-state index contributed by atoms with van der Waals surface area (Å²) in [6.07, 6.45) is 55.1. The van der Waals surface area contributed by atoms with E-state index in [1.54, 1.807) is 6.08 Å². The van der Waals surface area contributed by atoms with Gasteiger partial charge < -0.3 is 19.8 Å². The van der Waals surface area contributed by atoms with Crippen molar-refractivity contribution in [2.45, 2.75) is 251 Å². The number of phosphoric ester groups is 1. The van der Waals surface area contributed by atoms with Crippen LogP contribution in [0, 0.1) is 0 Å². The molecule has 0 radical (unpaired) electrons. The molecule has 0 aliphatic heterocycles. The molecule has 0 aromatic carbocycles. The molecule has 0 bridgehead atoms. The molecular formula is C52H102N2O6P+. The van der Waals surface area contributed by atoms with Gasteiger partial charge in [0.05, 0.1) is 39.9 Å². The van der Waals surface area contributed by atoms with Crippen LogP contribution in [-0.4, -0.2) is 73.4 Å². The molecule has 3 N–H and O–H groups in total. The maximum absolute atomic E-state index is 12.9. The van der Waals surface area contributed by atoms with Crippen molar-refractivity contribution in [3.63, 3.8) is 0 Å². The summed E-state index contributed by atoms with van der Waals surface area (Å²) in [5, 5.41) is 13.9. The summed E-state index contributed by atoms with van der Waals surface area (Å²) < 4.78 is 23.6. The third kappa shape index (κ3) is 46.5. The summed E-state index contributed by atoms with van der Waals surface area (Å²) in [6, 6.07) is -0.853. The number of aliphatic hydroxyl groups excluding tert-OH is 1. The summed E-state index contributed by atoms with van der Waals surface area (Å²) in [7, 11) is 1.56. The predicted octanol–water partition coefficient (Wildman–Crippen LogP) is 15.0. The molecule has 0 saturated carbocycles. The van der Waals surface area contributed by atoms with Gasteiger partial charge in [0.2, 0.25) is 5.91 Å². The first kappa shape index (κ1) is 59.7. The zero-order chi connectivity index (χ0) is 45.0. The Morgan fingerprint density at radius 3 is 1.38 bits per heavy atom. The van der Waals surface area contributed by atoms with Crippen LogP contribution >= 0.6 is 7.82 Å². The van der Waals surface area contributed by atoms with Crippen LogP contribution in [0.15, 0.2) is 36.5 Å². The van der Waals surface area contributed by atoms with Gasteiger partial charge in [0, 0.05) is 6.42 Å². The van der Waals surface area contributed by atoms with Gasteiger partial charge in [0.25, 0.3) is 0 Å². The number of quaternary nitrogens is 1. The first-order valence-electron chi connectivity index (χ1n) is 25.9. The molecule has 0 aliphatic carbocycles. The van der Waals surface area contributed by atoms with E-state index in [0.29, 0.717) is 17.4 Å². The molecular weight excluding hydrogens is 780 g/mol. The number of nitrogens with one attached hydrogen (secondary N) is 1. The fraction of sp³-hybridized carbons (Fsp3) is 0.865. The average molecular weight is 882 g/mol. The molecule has 0 saturated heterocycles. The van der Waals surface area contributed by atoms with Crippen molar-refractivity contribution in [3.8, 4) is 0 Å². The van der Waals surface area contributed by atoms with Gasteiger partial charge in [0.1, 0.15) is 13.2 Å². The third-order valence-electron chi connectivity index (χ3n) is 11.6. The van der Waals surface area contributed by atoms with Crippen LogP contribution in [0.2, 0.25) is 0 Å². The van der Waals surface area contributed by atoms with Crippen LogP contribution in [0.5, 0.6) is 0 Å². The van der Waals surface area contributed by atoms with E-state index in [4.69, 9.17) is 9.05 Å². The highest BCUT2D eigenvalue weighted by molar-refractivity contribution is 7.47. The quantitative estimate of drug-likeness (QED) is 0.0243. The average Bonchev–Trinajstić information content (AvgIpc) is 3.21. The highest BCUT2D eigenvalue weighted by atomic mass is 31.2. The zero-order valence-corrected chi connectivity index (χ0v) is 41.8. The minimum absolute atomic E-state index is 0.0587. The van der Waals surface area contributed by atoms with Crippen molar-refractivity contribution in [1.29, 1.82) is 0 Å². The second kappa shape index (κ2) is 43.9. The number of phosphoric acid groups is 1. The fourth-order valence-electron chi connectivity index (χ4n) is 7.48. The maximum atomic E-state index is 12.9. The smallest absolute Gasteiger partial charge is 0.387 e. The molecule has 360 valence electrons. The summed E-state index contributed by atoms with van der Waals surface area (Å²) in [5.74, 6) is -0.190. The summed E-state index contributed by atoms with van der Waals surface area (Å²) in [5.41, 5.74) is 0. The molecule has 0 heterocycles. The lowest BCUT2D eigenvalue weighted by molar-refractivity contribution is -0.870. The van der Waals surface area contributed by atoms with Crippen LogP contribution in [-0.2, 0) is 18.4 Å². The second-order valence-electron chi connectivity index (χ2n) is 18.9. The summed E-state index contributed by atoms with van der Waals surface area (Å²) in [6.45, 7) is 4.79.